The number of ether oxygens (including phenoxy) is 1. The number of anilines is 1. The minimum atomic E-state index is -0.898. The normalized spacial score (nSPS) is 15.8. The maximum Gasteiger partial charge on any atom is 0.272 e. The number of nitrogens with zero attached hydrogens (tertiary/aromatic N) is 3. The summed E-state index contributed by atoms with van der Waals surface area (Å²) >= 11 is 0. The first-order valence-electron chi connectivity index (χ1n) is 9.62. The largest absolute Gasteiger partial charge is 0.489 e. The number of rotatable bonds is 4. The number of aryl methyl sites for hydroxylation is 1. The zero-order valence-electron chi connectivity index (χ0n) is 16.9. The standard InChI is InChI=1S/C22H20F2N4O3/c1-13-9-17(26-28(13)11-14-7-8-15(23)10-16(14)24)21(29)25-18-12-31-20-6-4-3-5-19(20)27(2)22(18)30/h3-10,18H,11-12H2,1-2H3,(H,25,29)/t18-/m0/s1. The zero-order valence-corrected chi connectivity index (χ0v) is 16.9. The highest BCUT2D eigenvalue weighted by Gasteiger charge is 2.31. The molecule has 1 N–H and O–H groups in total. The molecule has 0 fully saturated rings. The summed E-state index contributed by atoms with van der Waals surface area (Å²) in [4.78, 5) is 27.0. The molecule has 160 valence electrons. The fourth-order valence-electron chi connectivity index (χ4n) is 3.38. The number of nitrogens with one attached hydrogen (secondary N) is 1. The molecule has 9 heteroatoms. The van der Waals surface area contributed by atoms with Gasteiger partial charge in [0.05, 0.1) is 12.2 Å². The van der Waals surface area contributed by atoms with Crippen molar-refractivity contribution < 1.29 is 23.1 Å². The summed E-state index contributed by atoms with van der Waals surface area (Å²) < 4.78 is 34.2. The zero-order chi connectivity index (χ0) is 22.1. The van der Waals surface area contributed by atoms with Gasteiger partial charge in [0, 0.05) is 24.4 Å². The lowest BCUT2D eigenvalue weighted by molar-refractivity contribution is -0.120. The Hall–Kier alpha value is -3.75. The Bertz CT molecular complexity index is 1160. The van der Waals surface area contributed by atoms with E-state index in [1.54, 1.807) is 38.2 Å². The van der Waals surface area contributed by atoms with Crippen LogP contribution in [-0.4, -0.2) is 41.3 Å². The van der Waals surface area contributed by atoms with Crippen molar-refractivity contribution in [3.8, 4) is 5.75 Å². The lowest BCUT2D eigenvalue weighted by atomic mass is 10.2. The van der Waals surface area contributed by atoms with E-state index < -0.39 is 23.6 Å². The molecule has 3 aromatic rings. The number of fused-ring (bicyclic) bond motifs is 1. The Morgan fingerprint density at radius 1 is 1.23 bits per heavy atom. The van der Waals surface area contributed by atoms with Crippen molar-refractivity contribution in [3.05, 3.63) is 77.1 Å². The van der Waals surface area contributed by atoms with Gasteiger partial charge in [0.1, 0.15) is 35.7 Å². The van der Waals surface area contributed by atoms with Crippen LogP contribution in [0.15, 0.2) is 48.5 Å². The quantitative estimate of drug-likeness (QED) is 0.696. The number of aromatic nitrogens is 2. The molecule has 1 aliphatic rings. The van der Waals surface area contributed by atoms with Crippen molar-refractivity contribution >= 4 is 17.5 Å². The minimum Gasteiger partial charge on any atom is -0.489 e. The second-order valence-corrected chi connectivity index (χ2v) is 7.27. The van der Waals surface area contributed by atoms with E-state index in [4.69, 9.17) is 4.74 Å². The van der Waals surface area contributed by atoms with E-state index in [9.17, 15) is 18.4 Å². The van der Waals surface area contributed by atoms with Gasteiger partial charge in [-0.1, -0.05) is 18.2 Å². The highest BCUT2D eigenvalue weighted by molar-refractivity contribution is 6.02. The van der Waals surface area contributed by atoms with E-state index >= 15 is 0 Å². The van der Waals surface area contributed by atoms with Crippen molar-refractivity contribution in [1.82, 2.24) is 15.1 Å². The van der Waals surface area contributed by atoms with Crippen LogP contribution in [0.4, 0.5) is 14.5 Å². The average molecular weight is 426 g/mol. The van der Waals surface area contributed by atoms with Crippen molar-refractivity contribution in [2.75, 3.05) is 18.6 Å². The van der Waals surface area contributed by atoms with E-state index in [2.05, 4.69) is 10.4 Å². The maximum absolute atomic E-state index is 14.0. The third-order valence-corrected chi connectivity index (χ3v) is 5.12. The predicted molar refractivity (Wildman–Crippen MR) is 109 cm³/mol. The summed E-state index contributed by atoms with van der Waals surface area (Å²) in [6.45, 7) is 1.73. The fraction of sp³-hybridized carbons (Fsp3) is 0.227. The van der Waals surface area contributed by atoms with Gasteiger partial charge in [-0.15, -0.1) is 0 Å². The molecule has 1 aliphatic heterocycles. The monoisotopic (exact) mass is 426 g/mol. The van der Waals surface area contributed by atoms with Crippen molar-refractivity contribution in [3.63, 3.8) is 0 Å². The lowest BCUT2D eigenvalue weighted by Crippen LogP contribution is -2.49. The van der Waals surface area contributed by atoms with Gasteiger partial charge >= 0.3 is 0 Å². The highest BCUT2D eigenvalue weighted by Crippen LogP contribution is 2.29. The maximum atomic E-state index is 14.0. The number of benzene rings is 2. The highest BCUT2D eigenvalue weighted by atomic mass is 19.1. The molecule has 2 aromatic carbocycles. The second kappa shape index (κ2) is 8.17. The molecule has 0 saturated carbocycles. The van der Waals surface area contributed by atoms with Gasteiger partial charge in [0.2, 0.25) is 0 Å². The van der Waals surface area contributed by atoms with Gasteiger partial charge in [-0.05, 0) is 31.2 Å². The molecule has 2 amide bonds. The average Bonchev–Trinajstić information content (AvgIpc) is 3.07. The molecule has 0 bridgehead atoms. The lowest BCUT2D eigenvalue weighted by Gasteiger charge is -2.20. The minimum absolute atomic E-state index is 0.0214. The molecule has 0 aliphatic carbocycles. The summed E-state index contributed by atoms with van der Waals surface area (Å²) in [5.74, 6) is -1.67. The number of hydrogen-bond acceptors (Lipinski definition) is 4. The smallest absolute Gasteiger partial charge is 0.272 e. The van der Waals surface area contributed by atoms with Gasteiger partial charge in [-0.2, -0.15) is 5.10 Å². The molecule has 2 heterocycles. The van der Waals surface area contributed by atoms with Gasteiger partial charge in [-0.3, -0.25) is 14.3 Å². The summed E-state index contributed by atoms with van der Waals surface area (Å²) in [6.07, 6.45) is 0. The van der Waals surface area contributed by atoms with Crippen LogP contribution in [0.25, 0.3) is 0 Å². The number of likely N-dealkylation sites (N-methyl/N-ethyl adjacent to an activating group) is 1. The van der Waals surface area contributed by atoms with Crippen molar-refractivity contribution in [1.29, 1.82) is 0 Å². The summed E-state index contributed by atoms with van der Waals surface area (Å²) in [5, 5.41) is 6.88. The molecule has 0 unspecified atom stereocenters. The number of para-hydroxylation sites is 2. The molecular weight excluding hydrogens is 406 g/mol. The first-order chi connectivity index (χ1) is 14.8. The number of carbonyl (C=O) groups excluding carboxylic acids is 2. The van der Waals surface area contributed by atoms with Crippen molar-refractivity contribution in [2.45, 2.75) is 19.5 Å². The van der Waals surface area contributed by atoms with Crippen LogP contribution in [0.5, 0.6) is 5.75 Å². The molecule has 1 aromatic heterocycles. The summed E-state index contributed by atoms with van der Waals surface area (Å²) in [6, 6.07) is 11.0. The van der Waals surface area contributed by atoms with Gasteiger partial charge in [0.25, 0.3) is 11.8 Å². The Morgan fingerprint density at radius 3 is 2.77 bits per heavy atom. The van der Waals surface area contributed by atoms with E-state index in [-0.39, 0.29) is 30.3 Å². The van der Waals surface area contributed by atoms with Crippen LogP contribution < -0.4 is 15.0 Å². The van der Waals surface area contributed by atoms with E-state index in [0.717, 1.165) is 12.1 Å². The number of hydrogen-bond donors (Lipinski definition) is 1. The Labute approximate surface area is 177 Å². The van der Waals surface area contributed by atoms with Crippen LogP contribution in [-0.2, 0) is 11.3 Å². The topological polar surface area (TPSA) is 76.5 Å². The second-order valence-electron chi connectivity index (χ2n) is 7.27. The van der Waals surface area contributed by atoms with E-state index in [1.807, 2.05) is 0 Å². The van der Waals surface area contributed by atoms with Crippen LogP contribution in [0.3, 0.4) is 0 Å². The molecule has 4 rings (SSSR count). The van der Waals surface area contributed by atoms with Crippen molar-refractivity contribution in [2.24, 2.45) is 0 Å². The first-order valence-corrected chi connectivity index (χ1v) is 9.62. The Morgan fingerprint density at radius 2 is 2.00 bits per heavy atom. The Kier molecular flexibility index (Phi) is 5.41. The van der Waals surface area contributed by atoms with Crippen LogP contribution >= 0.6 is 0 Å². The molecule has 0 saturated heterocycles. The molecule has 7 nitrogen and oxygen atoms in total. The number of halogens is 2. The van der Waals surface area contributed by atoms with Gasteiger partial charge in [-0.25, -0.2) is 8.78 Å². The number of carbonyl (C=O) groups is 2. The fourth-order valence-corrected chi connectivity index (χ4v) is 3.38. The van der Waals surface area contributed by atoms with Gasteiger partial charge < -0.3 is 15.0 Å². The summed E-state index contributed by atoms with van der Waals surface area (Å²) in [5.41, 5.74) is 1.55. The molecular formula is C22H20F2N4O3. The number of amides is 2. The first kappa shape index (κ1) is 20.5. The van der Waals surface area contributed by atoms with Gasteiger partial charge in [0.15, 0.2) is 0 Å². The SMILES string of the molecule is Cc1cc(C(=O)N[C@H]2COc3ccccc3N(C)C2=O)nn1Cc1ccc(F)cc1F. The van der Waals surface area contributed by atoms with E-state index in [0.29, 0.717) is 17.1 Å². The molecule has 0 radical (unpaired) electrons. The third kappa shape index (κ3) is 4.11. The predicted octanol–water partition coefficient (Wildman–Crippen LogP) is 2.67. The molecule has 0 spiro atoms. The molecule has 31 heavy (non-hydrogen) atoms. The summed E-state index contributed by atoms with van der Waals surface area (Å²) in [7, 11) is 1.62. The van der Waals surface area contributed by atoms with E-state index in [1.165, 1.54) is 21.7 Å². The Balaban J connectivity index is 1.49. The third-order valence-electron chi connectivity index (χ3n) is 5.12. The van der Waals surface area contributed by atoms with Crippen LogP contribution in [0.2, 0.25) is 0 Å². The van der Waals surface area contributed by atoms with Crippen LogP contribution in [0.1, 0.15) is 21.7 Å². The molecule has 1 atom stereocenters. The van der Waals surface area contributed by atoms with Crippen LogP contribution in [0, 0.1) is 18.6 Å².